The molecule has 14 heavy (non-hydrogen) atoms. The molecular weight excluding hydrogens is 174 g/mol. The fourth-order valence-corrected chi connectivity index (χ4v) is 1.49. The number of aryl methyl sites for hydroxylation is 3. The molecule has 2 rings (SSSR count). The number of nitrogens with zero attached hydrogens (tertiary/aromatic N) is 3. The quantitative estimate of drug-likeness (QED) is 0.684. The maximum Gasteiger partial charge on any atom is 0.0568 e. The molecule has 2 aromatic heterocycles. The van der Waals surface area contributed by atoms with Gasteiger partial charge in [-0.1, -0.05) is 0 Å². The Morgan fingerprint density at radius 2 is 2.00 bits per heavy atom. The lowest BCUT2D eigenvalue weighted by molar-refractivity contribution is 0.768. The lowest BCUT2D eigenvalue weighted by Gasteiger charge is -2.02. The lowest BCUT2D eigenvalue weighted by atomic mass is 10.1. The molecule has 0 aliphatic carbocycles. The summed E-state index contributed by atoms with van der Waals surface area (Å²) in [7, 11) is 1.92. The molecule has 0 N–H and O–H groups in total. The number of rotatable bonds is 1. The average molecular weight is 187 g/mol. The Morgan fingerprint density at radius 3 is 2.64 bits per heavy atom. The van der Waals surface area contributed by atoms with Crippen molar-refractivity contribution in [3.05, 3.63) is 35.9 Å². The van der Waals surface area contributed by atoms with Gasteiger partial charge in [-0.05, 0) is 25.5 Å². The van der Waals surface area contributed by atoms with E-state index in [4.69, 9.17) is 0 Å². The zero-order valence-electron chi connectivity index (χ0n) is 8.65. The molecule has 0 spiro atoms. The first-order chi connectivity index (χ1) is 6.66. The van der Waals surface area contributed by atoms with Gasteiger partial charge in [0.05, 0.1) is 6.20 Å². The lowest BCUT2D eigenvalue weighted by Crippen LogP contribution is -1.88. The summed E-state index contributed by atoms with van der Waals surface area (Å²) in [5, 5.41) is 4.15. The Labute approximate surface area is 83.4 Å². The van der Waals surface area contributed by atoms with Gasteiger partial charge < -0.3 is 0 Å². The van der Waals surface area contributed by atoms with E-state index in [0.717, 1.165) is 16.8 Å². The van der Waals surface area contributed by atoms with Crippen LogP contribution < -0.4 is 0 Å². The molecule has 0 fully saturated rings. The summed E-state index contributed by atoms with van der Waals surface area (Å²) in [6.07, 6.45) is 5.75. The normalized spacial score (nSPS) is 10.5. The van der Waals surface area contributed by atoms with Crippen molar-refractivity contribution in [1.82, 2.24) is 14.8 Å². The van der Waals surface area contributed by atoms with Crippen molar-refractivity contribution in [3.63, 3.8) is 0 Å². The van der Waals surface area contributed by atoms with E-state index >= 15 is 0 Å². The molecule has 0 unspecified atom stereocenters. The van der Waals surface area contributed by atoms with Crippen LogP contribution in [0.2, 0.25) is 0 Å². The first kappa shape index (κ1) is 8.94. The van der Waals surface area contributed by atoms with Gasteiger partial charge in [-0.2, -0.15) is 5.10 Å². The van der Waals surface area contributed by atoms with E-state index < -0.39 is 0 Å². The van der Waals surface area contributed by atoms with Gasteiger partial charge in [-0.25, -0.2) is 0 Å². The van der Waals surface area contributed by atoms with Crippen molar-refractivity contribution < 1.29 is 0 Å². The molecule has 0 saturated heterocycles. The highest BCUT2D eigenvalue weighted by atomic mass is 15.2. The summed E-state index contributed by atoms with van der Waals surface area (Å²) in [4.78, 5) is 4.33. The van der Waals surface area contributed by atoms with Gasteiger partial charge in [0.1, 0.15) is 0 Å². The fourth-order valence-electron chi connectivity index (χ4n) is 1.49. The van der Waals surface area contributed by atoms with Crippen molar-refractivity contribution in [1.29, 1.82) is 0 Å². The Bertz CT molecular complexity index is 457. The number of pyridine rings is 1. The number of hydrogen-bond donors (Lipinski definition) is 0. The molecule has 2 aromatic rings. The second kappa shape index (κ2) is 3.25. The van der Waals surface area contributed by atoms with Crippen LogP contribution in [-0.4, -0.2) is 14.8 Å². The molecule has 0 aromatic carbocycles. The van der Waals surface area contributed by atoms with Gasteiger partial charge in [0, 0.05) is 36.3 Å². The molecule has 0 radical (unpaired) electrons. The second-order valence-corrected chi connectivity index (χ2v) is 3.55. The molecule has 0 aliphatic rings. The smallest absolute Gasteiger partial charge is 0.0568 e. The van der Waals surface area contributed by atoms with Crippen LogP contribution in [0, 0.1) is 13.8 Å². The van der Waals surface area contributed by atoms with Crippen LogP contribution in [0.3, 0.4) is 0 Å². The van der Waals surface area contributed by atoms with Gasteiger partial charge in [0.25, 0.3) is 0 Å². The molecule has 2 heterocycles. The van der Waals surface area contributed by atoms with Crippen LogP contribution in [0.4, 0.5) is 0 Å². The molecule has 3 heteroatoms. The monoisotopic (exact) mass is 187 g/mol. The van der Waals surface area contributed by atoms with Crippen molar-refractivity contribution >= 4 is 0 Å². The predicted molar refractivity (Wildman–Crippen MR) is 55.9 cm³/mol. The summed E-state index contributed by atoms with van der Waals surface area (Å²) in [6, 6.07) is 2.14. The van der Waals surface area contributed by atoms with E-state index in [1.54, 1.807) is 4.68 Å². The first-order valence-electron chi connectivity index (χ1n) is 4.59. The van der Waals surface area contributed by atoms with Gasteiger partial charge >= 0.3 is 0 Å². The molecular formula is C11H13N3. The number of aromatic nitrogens is 3. The number of hydrogen-bond acceptors (Lipinski definition) is 2. The van der Waals surface area contributed by atoms with E-state index in [2.05, 4.69) is 16.1 Å². The van der Waals surface area contributed by atoms with Crippen LogP contribution >= 0.6 is 0 Å². The zero-order valence-corrected chi connectivity index (χ0v) is 8.65. The van der Waals surface area contributed by atoms with E-state index in [0.29, 0.717) is 0 Å². The van der Waals surface area contributed by atoms with Crippen LogP contribution in [0.5, 0.6) is 0 Å². The van der Waals surface area contributed by atoms with Crippen LogP contribution in [0.25, 0.3) is 11.1 Å². The maximum absolute atomic E-state index is 4.33. The third-order valence-corrected chi connectivity index (χ3v) is 2.24. The third-order valence-electron chi connectivity index (χ3n) is 2.24. The van der Waals surface area contributed by atoms with Gasteiger partial charge in [-0.3, -0.25) is 9.67 Å². The second-order valence-electron chi connectivity index (χ2n) is 3.55. The first-order valence-corrected chi connectivity index (χ1v) is 4.59. The van der Waals surface area contributed by atoms with Crippen LogP contribution in [0.1, 0.15) is 11.3 Å². The molecule has 3 nitrogen and oxygen atoms in total. The average Bonchev–Trinajstić information content (AvgIpc) is 2.56. The molecule has 0 saturated carbocycles. The highest BCUT2D eigenvalue weighted by Gasteiger charge is 2.04. The van der Waals surface area contributed by atoms with E-state index in [-0.39, 0.29) is 0 Å². The van der Waals surface area contributed by atoms with Gasteiger partial charge in [0.2, 0.25) is 0 Å². The summed E-state index contributed by atoms with van der Waals surface area (Å²) >= 11 is 0. The van der Waals surface area contributed by atoms with E-state index in [1.165, 1.54) is 5.56 Å². The van der Waals surface area contributed by atoms with Gasteiger partial charge in [0.15, 0.2) is 0 Å². The van der Waals surface area contributed by atoms with Crippen LogP contribution in [-0.2, 0) is 7.05 Å². The fraction of sp³-hybridized carbons (Fsp3) is 0.273. The standard InChI is InChI=1S/C11H13N3/c1-8-4-11(9(2)12-5-8)10-6-13-14(3)7-10/h4-7H,1-3H3. The van der Waals surface area contributed by atoms with Crippen molar-refractivity contribution in [3.8, 4) is 11.1 Å². The Hall–Kier alpha value is -1.64. The molecule has 0 aliphatic heterocycles. The minimum Gasteiger partial charge on any atom is -0.275 e. The Morgan fingerprint density at radius 1 is 1.21 bits per heavy atom. The highest BCUT2D eigenvalue weighted by Crippen LogP contribution is 2.21. The Balaban J connectivity index is 2.55. The largest absolute Gasteiger partial charge is 0.275 e. The van der Waals surface area contributed by atoms with Crippen molar-refractivity contribution in [2.24, 2.45) is 7.05 Å². The summed E-state index contributed by atoms with van der Waals surface area (Å²) < 4.78 is 1.80. The van der Waals surface area contributed by atoms with E-state index in [1.807, 2.05) is 39.5 Å². The molecule has 0 atom stereocenters. The Kier molecular flexibility index (Phi) is 2.08. The topological polar surface area (TPSA) is 30.7 Å². The summed E-state index contributed by atoms with van der Waals surface area (Å²) in [6.45, 7) is 4.06. The van der Waals surface area contributed by atoms with Crippen molar-refractivity contribution in [2.45, 2.75) is 13.8 Å². The zero-order chi connectivity index (χ0) is 10.1. The third kappa shape index (κ3) is 1.53. The molecule has 72 valence electrons. The molecule has 0 amide bonds. The SMILES string of the molecule is Cc1cnc(C)c(-c2cnn(C)c2)c1. The van der Waals surface area contributed by atoms with Crippen LogP contribution in [0.15, 0.2) is 24.7 Å². The maximum atomic E-state index is 4.33. The van der Waals surface area contributed by atoms with Gasteiger partial charge in [-0.15, -0.1) is 0 Å². The molecule has 0 bridgehead atoms. The van der Waals surface area contributed by atoms with E-state index in [9.17, 15) is 0 Å². The minimum absolute atomic E-state index is 1.05. The highest BCUT2D eigenvalue weighted by molar-refractivity contribution is 5.64. The summed E-state index contributed by atoms with van der Waals surface area (Å²) in [5.74, 6) is 0. The summed E-state index contributed by atoms with van der Waals surface area (Å²) in [5.41, 5.74) is 4.51. The predicted octanol–water partition coefficient (Wildman–Crippen LogP) is 2.10. The van der Waals surface area contributed by atoms with Crippen molar-refractivity contribution in [2.75, 3.05) is 0 Å². The minimum atomic E-state index is 1.05.